The van der Waals surface area contributed by atoms with Crippen molar-refractivity contribution in [2.75, 3.05) is 37.6 Å². The van der Waals surface area contributed by atoms with Crippen LogP contribution in [0, 0.1) is 0 Å². The molecule has 3 aliphatic rings. The molecule has 3 fully saturated rings. The molecule has 7 nitrogen and oxygen atoms in total. The van der Waals surface area contributed by atoms with E-state index in [1.807, 2.05) is 12.1 Å². The normalized spacial score (nSPS) is 22.4. The molecule has 0 unspecified atom stereocenters. The van der Waals surface area contributed by atoms with Crippen molar-refractivity contribution in [1.82, 2.24) is 9.80 Å². The predicted molar refractivity (Wildman–Crippen MR) is 103 cm³/mol. The van der Waals surface area contributed by atoms with Gasteiger partial charge in [-0.2, -0.15) is 0 Å². The summed E-state index contributed by atoms with van der Waals surface area (Å²) in [6, 6.07) is 3.71. The SMILES string of the molecule is O=C(CN1C(=O)S/C(=C/c2ccc(N3CCCCC3)o2)C1=O)N1CCCC1. The number of thioether (sulfide) groups is 1. The lowest BCUT2D eigenvalue weighted by Gasteiger charge is -2.25. The van der Waals surface area contributed by atoms with Gasteiger partial charge in [0.2, 0.25) is 5.91 Å². The van der Waals surface area contributed by atoms with Crippen molar-refractivity contribution in [3.05, 3.63) is 22.8 Å². The molecule has 0 spiro atoms. The summed E-state index contributed by atoms with van der Waals surface area (Å²) in [6.07, 6.45) is 7.10. The Morgan fingerprint density at radius 2 is 1.74 bits per heavy atom. The van der Waals surface area contributed by atoms with Crippen LogP contribution >= 0.6 is 11.8 Å². The zero-order chi connectivity index (χ0) is 18.8. The van der Waals surface area contributed by atoms with Gasteiger partial charge in [0.15, 0.2) is 5.88 Å². The molecule has 3 saturated heterocycles. The van der Waals surface area contributed by atoms with E-state index >= 15 is 0 Å². The average molecular weight is 389 g/mol. The van der Waals surface area contributed by atoms with Crippen LogP contribution in [0.1, 0.15) is 37.9 Å². The first-order chi connectivity index (χ1) is 13.1. The number of hydrogen-bond donors (Lipinski definition) is 0. The number of carbonyl (C=O) groups excluding carboxylic acids is 3. The van der Waals surface area contributed by atoms with E-state index in [0.717, 1.165) is 61.3 Å². The maximum Gasteiger partial charge on any atom is 0.294 e. The number of nitrogens with zero attached hydrogens (tertiary/aromatic N) is 3. The first-order valence-corrected chi connectivity index (χ1v) is 10.3. The minimum atomic E-state index is -0.423. The maximum atomic E-state index is 12.6. The van der Waals surface area contributed by atoms with E-state index in [9.17, 15) is 14.4 Å². The third kappa shape index (κ3) is 3.90. The molecule has 8 heteroatoms. The van der Waals surface area contributed by atoms with Gasteiger partial charge in [-0.3, -0.25) is 19.3 Å². The number of amides is 3. The van der Waals surface area contributed by atoms with Crippen molar-refractivity contribution in [2.24, 2.45) is 0 Å². The lowest BCUT2D eigenvalue weighted by molar-refractivity contribution is -0.135. The first kappa shape index (κ1) is 18.2. The highest BCUT2D eigenvalue weighted by Crippen LogP contribution is 2.33. The molecule has 0 N–H and O–H groups in total. The molecule has 4 heterocycles. The number of furan rings is 1. The molecule has 3 aliphatic heterocycles. The van der Waals surface area contributed by atoms with Crippen molar-refractivity contribution in [1.29, 1.82) is 0 Å². The molecule has 1 aromatic heterocycles. The minimum absolute atomic E-state index is 0.165. The fourth-order valence-corrected chi connectivity index (χ4v) is 4.49. The minimum Gasteiger partial charge on any atom is -0.441 e. The van der Waals surface area contributed by atoms with Gasteiger partial charge in [-0.25, -0.2) is 0 Å². The smallest absolute Gasteiger partial charge is 0.294 e. The number of hydrogen-bond acceptors (Lipinski definition) is 6. The third-order valence-corrected chi connectivity index (χ3v) is 6.09. The molecule has 0 radical (unpaired) electrons. The maximum absolute atomic E-state index is 12.6. The zero-order valence-corrected chi connectivity index (χ0v) is 16.0. The van der Waals surface area contributed by atoms with Crippen LogP contribution in [0.3, 0.4) is 0 Å². The first-order valence-electron chi connectivity index (χ1n) is 9.50. The highest BCUT2D eigenvalue weighted by Gasteiger charge is 2.37. The summed E-state index contributed by atoms with van der Waals surface area (Å²) in [6.45, 7) is 3.18. The van der Waals surface area contributed by atoms with Gasteiger partial charge in [0.25, 0.3) is 11.1 Å². The van der Waals surface area contributed by atoms with E-state index < -0.39 is 11.1 Å². The predicted octanol–water partition coefficient (Wildman–Crippen LogP) is 2.93. The molecule has 0 aliphatic carbocycles. The summed E-state index contributed by atoms with van der Waals surface area (Å²) in [5.41, 5.74) is 0. The van der Waals surface area contributed by atoms with Crippen LogP contribution in [-0.4, -0.2) is 59.6 Å². The molecule has 144 valence electrons. The van der Waals surface area contributed by atoms with Crippen molar-refractivity contribution >= 4 is 40.8 Å². The number of carbonyl (C=O) groups is 3. The fraction of sp³-hybridized carbons (Fsp3) is 0.526. The van der Waals surface area contributed by atoms with Gasteiger partial charge in [0.05, 0.1) is 4.91 Å². The highest BCUT2D eigenvalue weighted by molar-refractivity contribution is 8.18. The summed E-state index contributed by atoms with van der Waals surface area (Å²) >= 11 is 0.860. The van der Waals surface area contributed by atoms with Crippen LogP contribution in [-0.2, 0) is 9.59 Å². The zero-order valence-electron chi connectivity index (χ0n) is 15.2. The number of anilines is 1. The molecular formula is C19H23N3O4S. The second kappa shape index (κ2) is 7.80. The second-order valence-electron chi connectivity index (χ2n) is 7.08. The van der Waals surface area contributed by atoms with Gasteiger partial charge in [-0.05, 0) is 49.9 Å². The fourth-order valence-electron chi connectivity index (χ4n) is 3.67. The molecule has 1 aromatic rings. The molecular weight excluding hydrogens is 366 g/mol. The molecule has 3 amide bonds. The van der Waals surface area contributed by atoms with Gasteiger partial charge < -0.3 is 14.2 Å². The van der Waals surface area contributed by atoms with Crippen LogP contribution in [0.2, 0.25) is 0 Å². The molecule has 0 atom stereocenters. The number of likely N-dealkylation sites (tertiary alicyclic amines) is 1. The summed E-state index contributed by atoms with van der Waals surface area (Å²) in [5, 5.41) is -0.401. The largest absolute Gasteiger partial charge is 0.441 e. The van der Waals surface area contributed by atoms with Crippen molar-refractivity contribution < 1.29 is 18.8 Å². The quantitative estimate of drug-likeness (QED) is 0.737. The molecule has 27 heavy (non-hydrogen) atoms. The topological polar surface area (TPSA) is 74.1 Å². The lowest BCUT2D eigenvalue weighted by Crippen LogP contribution is -2.40. The van der Waals surface area contributed by atoms with E-state index in [0.29, 0.717) is 23.8 Å². The number of imide groups is 1. The van der Waals surface area contributed by atoms with E-state index in [4.69, 9.17) is 4.42 Å². The van der Waals surface area contributed by atoms with Gasteiger partial charge in [-0.1, -0.05) is 0 Å². The van der Waals surface area contributed by atoms with Crippen LogP contribution in [0.25, 0.3) is 6.08 Å². The Balaban J connectivity index is 1.43. The molecule has 0 aromatic carbocycles. The van der Waals surface area contributed by atoms with E-state index in [1.54, 1.807) is 11.0 Å². The van der Waals surface area contributed by atoms with Gasteiger partial charge in [0.1, 0.15) is 12.3 Å². The van der Waals surface area contributed by atoms with Gasteiger partial charge in [-0.15, -0.1) is 0 Å². The average Bonchev–Trinajstić information content (AvgIpc) is 3.41. The molecule has 0 bridgehead atoms. The van der Waals surface area contributed by atoms with E-state index in [1.165, 1.54) is 6.42 Å². The highest BCUT2D eigenvalue weighted by atomic mass is 32.2. The van der Waals surface area contributed by atoms with Crippen molar-refractivity contribution in [2.45, 2.75) is 32.1 Å². The Hall–Kier alpha value is -2.22. The van der Waals surface area contributed by atoms with Crippen LogP contribution in [0.5, 0.6) is 0 Å². The van der Waals surface area contributed by atoms with Gasteiger partial charge >= 0.3 is 0 Å². The Labute approximate surface area is 162 Å². The van der Waals surface area contributed by atoms with Crippen molar-refractivity contribution in [3.8, 4) is 0 Å². The lowest BCUT2D eigenvalue weighted by atomic mass is 10.1. The number of rotatable bonds is 4. The van der Waals surface area contributed by atoms with Crippen LogP contribution in [0.15, 0.2) is 21.5 Å². The Bertz CT molecular complexity index is 776. The Morgan fingerprint density at radius 3 is 2.48 bits per heavy atom. The Kier molecular flexibility index (Phi) is 5.24. The third-order valence-electron chi connectivity index (χ3n) is 5.18. The van der Waals surface area contributed by atoms with Crippen LogP contribution in [0.4, 0.5) is 10.7 Å². The summed E-state index contributed by atoms with van der Waals surface area (Å²) in [7, 11) is 0. The van der Waals surface area contributed by atoms with Crippen LogP contribution < -0.4 is 4.90 Å². The second-order valence-corrected chi connectivity index (χ2v) is 8.07. The van der Waals surface area contributed by atoms with Gasteiger partial charge in [0, 0.05) is 38.3 Å². The van der Waals surface area contributed by atoms with Crippen molar-refractivity contribution in [3.63, 3.8) is 0 Å². The van der Waals surface area contributed by atoms with E-state index in [-0.39, 0.29) is 12.5 Å². The molecule has 0 saturated carbocycles. The van der Waals surface area contributed by atoms with E-state index in [2.05, 4.69) is 4.90 Å². The monoisotopic (exact) mass is 389 g/mol. The summed E-state index contributed by atoms with van der Waals surface area (Å²) in [5.74, 6) is 0.756. The Morgan fingerprint density at radius 1 is 1.04 bits per heavy atom. The standard InChI is InChI=1S/C19H23N3O4S/c23-16(20-8-4-5-9-20)13-22-18(24)15(27-19(22)25)12-14-6-7-17(26-14)21-10-2-1-3-11-21/h6-7,12H,1-5,8-11,13H2/b15-12+. The molecule has 4 rings (SSSR count). The number of piperidine rings is 1. The summed E-state index contributed by atoms with van der Waals surface area (Å²) < 4.78 is 5.85. The summed E-state index contributed by atoms with van der Waals surface area (Å²) in [4.78, 5) is 42.3.